The number of nitrogens with two attached hydrogens (primary N) is 2. The van der Waals surface area contributed by atoms with Crippen LogP contribution >= 0.6 is 11.6 Å². The van der Waals surface area contributed by atoms with Crippen molar-refractivity contribution < 1.29 is 0 Å². The van der Waals surface area contributed by atoms with Gasteiger partial charge in [0.1, 0.15) is 5.82 Å². The van der Waals surface area contributed by atoms with Crippen LogP contribution in [0.2, 0.25) is 5.02 Å². The van der Waals surface area contributed by atoms with Gasteiger partial charge in [-0.15, -0.1) is 0 Å². The molecule has 0 unspecified atom stereocenters. The maximum Gasteiger partial charge on any atom is 0.221 e. The summed E-state index contributed by atoms with van der Waals surface area (Å²) in [5, 5.41) is 3.59. The van der Waals surface area contributed by atoms with Gasteiger partial charge in [-0.2, -0.15) is 4.98 Å². The van der Waals surface area contributed by atoms with E-state index in [-0.39, 0.29) is 5.95 Å². The molecule has 1 heterocycles. The fraction of sp³-hybridized carbons (Fsp3) is 0.0909. The van der Waals surface area contributed by atoms with Crippen molar-refractivity contribution in [2.75, 3.05) is 16.8 Å². The second-order valence-electron chi connectivity index (χ2n) is 3.61. The summed E-state index contributed by atoms with van der Waals surface area (Å²) in [6, 6.07) is 5.34. The Morgan fingerprint density at radius 1 is 1.29 bits per heavy atom. The van der Waals surface area contributed by atoms with E-state index < -0.39 is 0 Å². The van der Waals surface area contributed by atoms with E-state index in [0.717, 1.165) is 11.3 Å². The summed E-state index contributed by atoms with van der Waals surface area (Å²) in [6.07, 6.45) is 1.58. The molecular formula is C11H12ClN5. The highest BCUT2D eigenvalue weighted by molar-refractivity contribution is 6.33. The molecule has 88 valence electrons. The summed E-state index contributed by atoms with van der Waals surface area (Å²) < 4.78 is 0. The first-order chi connectivity index (χ1) is 8.06. The van der Waals surface area contributed by atoms with E-state index in [1.165, 1.54) is 0 Å². The smallest absolute Gasteiger partial charge is 0.221 e. The van der Waals surface area contributed by atoms with Gasteiger partial charge in [0.05, 0.1) is 10.7 Å². The third-order valence-corrected chi connectivity index (χ3v) is 2.60. The number of aromatic nitrogens is 2. The summed E-state index contributed by atoms with van der Waals surface area (Å²) in [5.41, 5.74) is 13.5. The number of hydrogen-bond donors (Lipinski definition) is 3. The van der Waals surface area contributed by atoms with Gasteiger partial charge < -0.3 is 16.8 Å². The van der Waals surface area contributed by atoms with E-state index in [2.05, 4.69) is 15.3 Å². The molecule has 1 aromatic heterocycles. The SMILES string of the molecule is Cc1cc(Nc2ccnc(N)n2)cc(Cl)c1N. The van der Waals surface area contributed by atoms with Gasteiger partial charge in [0.15, 0.2) is 0 Å². The van der Waals surface area contributed by atoms with Crippen molar-refractivity contribution >= 4 is 34.7 Å². The predicted octanol–water partition coefficient (Wildman–Crippen LogP) is 2.35. The second-order valence-corrected chi connectivity index (χ2v) is 4.02. The number of benzene rings is 1. The first kappa shape index (κ1) is 11.5. The van der Waals surface area contributed by atoms with Gasteiger partial charge in [-0.3, -0.25) is 0 Å². The molecule has 0 fully saturated rings. The lowest BCUT2D eigenvalue weighted by atomic mass is 10.2. The third-order valence-electron chi connectivity index (χ3n) is 2.28. The highest BCUT2D eigenvalue weighted by Gasteiger charge is 2.04. The van der Waals surface area contributed by atoms with E-state index in [1.807, 2.05) is 13.0 Å². The van der Waals surface area contributed by atoms with Gasteiger partial charge >= 0.3 is 0 Å². The number of nitrogen functional groups attached to an aromatic ring is 2. The van der Waals surface area contributed by atoms with Gasteiger partial charge in [0.25, 0.3) is 0 Å². The van der Waals surface area contributed by atoms with Gasteiger partial charge in [-0.05, 0) is 30.7 Å². The molecule has 0 spiro atoms. The molecule has 5 nitrogen and oxygen atoms in total. The summed E-state index contributed by atoms with van der Waals surface area (Å²) in [7, 11) is 0. The van der Waals surface area contributed by atoms with E-state index in [0.29, 0.717) is 16.5 Å². The van der Waals surface area contributed by atoms with Crippen molar-refractivity contribution in [2.24, 2.45) is 0 Å². The standard InChI is InChI=1S/C11H12ClN5/c1-6-4-7(5-8(12)10(6)13)16-9-2-3-15-11(14)17-9/h2-5H,13H2,1H3,(H3,14,15,16,17). The van der Waals surface area contributed by atoms with Crippen molar-refractivity contribution in [1.82, 2.24) is 9.97 Å². The number of hydrogen-bond acceptors (Lipinski definition) is 5. The maximum absolute atomic E-state index is 5.99. The molecule has 0 radical (unpaired) electrons. The zero-order chi connectivity index (χ0) is 12.4. The van der Waals surface area contributed by atoms with Crippen LogP contribution in [0.15, 0.2) is 24.4 Å². The third kappa shape index (κ3) is 2.57. The first-order valence-corrected chi connectivity index (χ1v) is 5.35. The van der Waals surface area contributed by atoms with Crippen LogP contribution in [0.25, 0.3) is 0 Å². The molecule has 0 amide bonds. The Labute approximate surface area is 104 Å². The Morgan fingerprint density at radius 2 is 2.06 bits per heavy atom. The summed E-state index contributed by atoms with van der Waals surface area (Å²) in [5.74, 6) is 0.825. The molecule has 0 bridgehead atoms. The van der Waals surface area contributed by atoms with Gasteiger partial charge in [0.2, 0.25) is 5.95 Å². The number of rotatable bonds is 2. The molecule has 0 atom stereocenters. The minimum atomic E-state index is 0.216. The van der Waals surface area contributed by atoms with E-state index >= 15 is 0 Å². The monoisotopic (exact) mass is 249 g/mol. The minimum absolute atomic E-state index is 0.216. The Bertz CT molecular complexity index is 532. The predicted molar refractivity (Wildman–Crippen MR) is 70.3 cm³/mol. The molecule has 0 aliphatic carbocycles. The fourth-order valence-electron chi connectivity index (χ4n) is 1.42. The van der Waals surface area contributed by atoms with Crippen LogP contribution in [0.3, 0.4) is 0 Å². The number of aryl methyl sites for hydroxylation is 1. The molecule has 0 saturated carbocycles. The van der Waals surface area contributed by atoms with E-state index in [9.17, 15) is 0 Å². The molecule has 5 N–H and O–H groups in total. The number of halogens is 1. The quantitative estimate of drug-likeness (QED) is 0.711. The minimum Gasteiger partial charge on any atom is -0.397 e. The highest BCUT2D eigenvalue weighted by atomic mass is 35.5. The van der Waals surface area contributed by atoms with Gasteiger partial charge in [-0.25, -0.2) is 4.98 Å². The average molecular weight is 250 g/mol. The molecule has 0 aliphatic heterocycles. The number of nitrogens with one attached hydrogen (secondary N) is 1. The number of anilines is 4. The van der Waals surface area contributed by atoms with Crippen LogP contribution in [0.4, 0.5) is 23.1 Å². The van der Waals surface area contributed by atoms with Crippen molar-refractivity contribution in [3.63, 3.8) is 0 Å². The Balaban J connectivity index is 2.31. The molecule has 0 saturated heterocycles. The molecule has 0 aliphatic rings. The summed E-state index contributed by atoms with van der Waals surface area (Å²) >= 11 is 5.99. The van der Waals surface area contributed by atoms with Crippen LogP contribution in [0.1, 0.15) is 5.56 Å². The largest absolute Gasteiger partial charge is 0.397 e. The highest BCUT2D eigenvalue weighted by Crippen LogP contribution is 2.28. The van der Waals surface area contributed by atoms with E-state index in [4.69, 9.17) is 23.1 Å². The molecular weight excluding hydrogens is 238 g/mol. The number of nitrogens with zero attached hydrogens (tertiary/aromatic N) is 2. The molecule has 2 aromatic rings. The average Bonchev–Trinajstić information content (AvgIpc) is 2.26. The summed E-state index contributed by atoms with van der Waals surface area (Å²) in [6.45, 7) is 1.89. The zero-order valence-corrected chi connectivity index (χ0v) is 9.99. The Hall–Kier alpha value is -2.01. The van der Waals surface area contributed by atoms with Crippen LogP contribution in [0.5, 0.6) is 0 Å². The van der Waals surface area contributed by atoms with Crippen LogP contribution in [-0.4, -0.2) is 9.97 Å². The second kappa shape index (κ2) is 4.47. The lowest BCUT2D eigenvalue weighted by Gasteiger charge is -2.09. The maximum atomic E-state index is 5.99. The fourth-order valence-corrected chi connectivity index (χ4v) is 1.69. The van der Waals surface area contributed by atoms with Crippen molar-refractivity contribution in [3.8, 4) is 0 Å². The van der Waals surface area contributed by atoms with E-state index in [1.54, 1.807) is 18.3 Å². The zero-order valence-electron chi connectivity index (χ0n) is 9.24. The van der Waals surface area contributed by atoms with Crippen molar-refractivity contribution in [3.05, 3.63) is 35.0 Å². The first-order valence-electron chi connectivity index (χ1n) is 4.97. The molecule has 17 heavy (non-hydrogen) atoms. The molecule has 2 rings (SSSR count). The molecule has 1 aromatic carbocycles. The van der Waals surface area contributed by atoms with Crippen LogP contribution < -0.4 is 16.8 Å². The van der Waals surface area contributed by atoms with Gasteiger partial charge in [-0.1, -0.05) is 11.6 Å². The van der Waals surface area contributed by atoms with Crippen molar-refractivity contribution in [2.45, 2.75) is 6.92 Å². The van der Waals surface area contributed by atoms with Crippen LogP contribution in [0, 0.1) is 6.92 Å². The van der Waals surface area contributed by atoms with Crippen LogP contribution in [-0.2, 0) is 0 Å². The summed E-state index contributed by atoms with van der Waals surface area (Å²) in [4.78, 5) is 7.84. The van der Waals surface area contributed by atoms with Crippen molar-refractivity contribution in [1.29, 1.82) is 0 Å². The molecule has 6 heteroatoms. The lowest BCUT2D eigenvalue weighted by Crippen LogP contribution is -2.00. The Kier molecular flexibility index (Phi) is 3.01. The normalized spacial score (nSPS) is 10.2. The lowest BCUT2D eigenvalue weighted by molar-refractivity contribution is 1.18. The topological polar surface area (TPSA) is 89.8 Å². The van der Waals surface area contributed by atoms with Gasteiger partial charge in [0, 0.05) is 11.9 Å². The Morgan fingerprint density at radius 3 is 2.71 bits per heavy atom.